The minimum atomic E-state index is -0.759. The number of likely N-dealkylation sites (tertiary alicyclic amines) is 1. The summed E-state index contributed by atoms with van der Waals surface area (Å²) in [5.74, 6) is -0.900. The van der Waals surface area contributed by atoms with E-state index in [2.05, 4.69) is 20.8 Å². The number of Topliss-reactive ketones (excluding diaryl/α,β-unsaturated/α-hetero) is 1. The second kappa shape index (κ2) is 9.67. The van der Waals surface area contributed by atoms with E-state index in [0.717, 1.165) is 11.1 Å². The number of aliphatic hydroxyl groups excluding tert-OH is 1. The lowest BCUT2D eigenvalue weighted by Gasteiger charge is -2.26. The van der Waals surface area contributed by atoms with Crippen molar-refractivity contribution in [1.82, 2.24) is 4.90 Å². The van der Waals surface area contributed by atoms with Gasteiger partial charge in [-0.25, -0.2) is 0 Å². The van der Waals surface area contributed by atoms with Crippen LogP contribution in [0.25, 0.3) is 5.76 Å². The van der Waals surface area contributed by atoms with Gasteiger partial charge in [-0.2, -0.15) is 0 Å². The Labute approximate surface area is 194 Å². The van der Waals surface area contributed by atoms with Gasteiger partial charge in [0, 0.05) is 13.7 Å². The third-order valence-electron chi connectivity index (χ3n) is 5.83. The van der Waals surface area contributed by atoms with Crippen molar-refractivity contribution in [3.05, 3.63) is 64.7 Å². The fourth-order valence-electron chi connectivity index (χ4n) is 3.96. The molecule has 0 aliphatic carbocycles. The van der Waals surface area contributed by atoms with Crippen molar-refractivity contribution in [2.24, 2.45) is 0 Å². The van der Waals surface area contributed by atoms with Crippen LogP contribution in [0.3, 0.4) is 0 Å². The summed E-state index contributed by atoms with van der Waals surface area (Å²) in [4.78, 5) is 27.5. The molecule has 0 spiro atoms. The molecule has 1 saturated heterocycles. The van der Waals surface area contributed by atoms with Crippen LogP contribution in [0.5, 0.6) is 11.5 Å². The molecule has 1 unspecified atom stereocenters. The van der Waals surface area contributed by atoms with Gasteiger partial charge in [-0.1, -0.05) is 45.0 Å². The summed E-state index contributed by atoms with van der Waals surface area (Å²) in [5.41, 5.74) is 2.07. The predicted octanol–water partition coefficient (Wildman–Crippen LogP) is 4.07. The molecule has 0 aromatic heterocycles. The molecule has 0 saturated carbocycles. The molecule has 1 aliphatic rings. The number of ether oxygens (including phenoxy) is 3. The normalized spacial score (nSPS) is 18.0. The Hall–Kier alpha value is -3.32. The lowest BCUT2D eigenvalue weighted by atomic mass is 9.85. The molecule has 2 aromatic rings. The van der Waals surface area contributed by atoms with Gasteiger partial charge in [0.1, 0.15) is 17.3 Å². The summed E-state index contributed by atoms with van der Waals surface area (Å²) >= 11 is 0. The maximum Gasteiger partial charge on any atom is 0.295 e. The Morgan fingerprint density at radius 2 is 1.67 bits per heavy atom. The molecule has 33 heavy (non-hydrogen) atoms. The van der Waals surface area contributed by atoms with Crippen LogP contribution in [0.2, 0.25) is 0 Å². The number of ketones is 1. The summed E-state index contributed by atoms with van der Waals surface area (Å²) in [5, 5.41) is 11.3. The third-order valence-corrected chi connectivity index (χ3v) is 5.83. The standard InChI is InChI=1S/C26H31NO6/c1-26(2,3)17-9-7-16(8-10-17)22-21(24(29)25(30)27(22)13-14-31-4)23(28)19-15-18(32-5)11-12-20(19)33-6/h7-12,15,22,28H,13-14H2,1-6H3/b23-21+. The first-order chi connectivity index (χ1) is 15.6. The highest BCUT2D eigenvalue weighted by Crippen LogP contribution is 2.42. The average molecular weight is 454 g/mol. The third kappa shape index (κ3) is 4.73. The topological polar surface area (TPSA) is 85.3 Å². The first kappa shape index (κ1) is 24.3. The maximum atomic E-state index is 13.1. The van der Waals surface area contributed by atoms with Crippen molar-refractivity contribution < 1.29 is 28.9 Å². The fraction of sp³-hybridized carbons (Fsp3) is 0.385. The highest BCUT2D eigenvalue weighted by atomic mass is 16.5. The van der Waals surface area contributed by atoms with E-state index in [4.69, 9.17) is 14.2 Å². The Morgan fingerprint density at radius 3 is 2.21 bits per heavy atom. The summed E-state index contributed by atoms with van der Waals surface area (Å²) in [6, 6.07) is 11.9. The molecule has 1 fully saturated rings. The number of methoxy groups -OCH3 is 3. The average Bonchev–Trinajstić information content (AvgIpc) is 3.06. The number of carbonyl (C=O) groups excluding carboxylic acids is 2. The number of hydrogen-bond acceptors (Lipinski definition) is 6. The second-order valence-corrected chi connectivity index (χ2v) is 8.92. The molecular formula is C26H31NO6. The zero-order chi connectivity index (χ0) is 24.3. The van der Waals surface area contributed by atoms with Gasteiger partial charge in [-0.3, -0.25) is 9.59 Å². The summed E-state index contributed by atoms with van der Waals surface area (Å²) in [6.45, 7) is 6.80. The van der Waals surface area contributed by atoms with Gasteiger partial charge in [-0.15, -0.1) is 0 Å². The predicted molar refractivity (Wildman–Crippen MR) is 126 cm³/mol. The van der Waals surface area contributed by atoms with Gasteiger partial charge < -0.3 is 24.2 Å². The van der Waals surface area contributed by atoms with E-state index in [1.807, 2.05) is 24.3 Å². The molecule has 1 atom stereocenters. The SMILES string of the molecule is COCCN1C(=O)C(=O)/C(=C(/O)c2cc(OC)ccc2OC)C1c1ccc(C(C)(C)C)cc1. The molecule has 2 aromatic carbocycles. The molecule has 7 nitrogen and oxygen atoms in total. The minimum absolute atomic E-state index is 0.00571. The van der Waals surface area contributed by atoms with E-state index in [0.29, 0.717) is 11.5 Å². The van der Waals surface area contributed by atoms with Gasteiger partial charge in [-0.05, 0) is 34.7 Å². The number of amides is 1. The monoisotopic (exact) mass is 453 g/mol. The van der Waals surface area contributed by atoms with E-state index < -0.39 is 17.7 Å². The number of carbonyl (C=O) groups is 2. The van der Waals surface area contributed by atoms with E-state index in [9.17, 15) is 14.7 Å². The van der Waals surface area contributed by atoms with Gasteiger partial charge >= 0.3 is 0 Å². The van der Waals surface area contributed by atoms with E-state index in [1.54, 1.807) is 18.2 Å². The zero-order valence-electron chi connectivity index (χ0n) is 20.0. The molecule has 1 N–H and O–H groups in total. The summed E-state index contributed by atoms with van der Waals surface area (Å²) < 4.78 is 15.8. The largest absolute Gasteiger partial charge is 0.507 e. The lowest BCUT2D eigenvalue weighted by molar-refractivity contribution is -0.140. The van der Waals surface area contributed by atoms with Crippen LogP contribution in [-0.4, -0.2) is 56.2 Å². The van der Waals surface area contributed by atoms with Crippen LogP contribution in [-0.2, 0) is 19.7 Å². The van der Waals surface area contributed by atoms with Crippen LogP contribution in [0.1, 0.15) is 43.5 Å². The molecule has 3 rings (SSSR count). The highest BCUT2D eigenvalue weighted by Gasteiger charge is 2.46. The molecule has 1 heterocycles. The first-order valence-electron chi connectivity index (χ1n) is 10.7. The number of rotatable bonds is 7. The van der Waals surface area contributed by atoms with E-state index in [-0.39, 0.29) is 35.5 Å². The maximum absolute atomic E-state index is 13.1. The Kier molecular flexibility index (Phi) is 7.12. The van der Waals surface area contributed by atoms with E-state index in [1.165, 1.54) is 26.2 Å². The lowest BCUT2D eigenvalue weighted by Crippen LogP contribution is -2.32. The minimum Gasteiger partial charge on any atom is -0.507 e. The second-order valence-electron chi connectivity index (χ2n) is 8.92. The van der Waals surface area contributed by atoms with Gasteiger partial charge in [0.15, 0.2) is 0 Å². The van der Waals surface area contributed by atoms with Crippen LogP contribution in [0.4, 0.5) is 0 Å². The van der Waals surface area contributed by atoms with E-state index >= 15 is 0 Å². The highest BCUT2D eigenvalue weighted by molar-refractivity contribution is 6.46. The van der Waals surface area contributed by atoms with Crippen molar-refractivity contribution in [3.8, 4) is 11.5 Å². The van der Waals surface area contributed by atoms with Crippen molar-refractivity contribution in [1.29, 1.82) is 0 Å². The molecule has 1 amide bonds. The van der Waals surface area contributed by atoms with Crippen LogP contribution in [0.15, 0.2) is 48.0 Å². The Balaban J connectivity index is 2.21. The van der Waals surface area contributed by atoms with Crippen LogP contribution >= 0.6 is 0 Å². The molecular weight excluding hydrogens is 422 g/mol. The van der Waals surface area contributed by atoms with Crippen molar-refractivity contribution in [2.75, 3.05) is 34.5 Å². The fourth-order valence-corrected chi connectivity index (χ4v) is 3.96. The summed E-state index contributed by atoms with van der Waals surface area (Å²) in [6.07, 6.45) is 0. The van der Waals surface area contributed by atoms with Gasteiger partial charge in [0.2, 0.25) is 0 Å². The van der Waals surface area contributed by atoms with Crippen LogP contribution < -0.4 is 9.47 Å². The molecule has 7 heteroatoms. The first-order valence-corrected chi connectivity index (χ1v) is 10.7. The number of nitrogens with zero attached hydrogens (tertiary/aromatic N) is 1. The van der Waals surface area contributed by atoms with Gasteiger partial charge in [0.05, 0.1) is 38.0 Å². The number of benzene rings is 2. The number of aliphatic hydroxyl groups is 1. The molecule has 176 valence electrons. The summed E-state index contributed by atoms with van der Waals surface area (Å²) in [7, 11) is 4.51. The zero-order valence-corrected chi connectivity index (χ0v) is 20.0. The van der Waals surface area contributed by atoms with Crippen molar-refractivity contribution in [3.63, 3.8) is 0 Å². The molecule has 1 aliphatic heterocycles. The van der Waals surface area contributed by atoms with Crippen molar-refractivity contribution >= 4 is 17.4 Å². The van der Waals surface area contributed by atoms with Gasteiger partial charge in [0.25, 0.3) is 11.7 Å². The molecule has 0 bridgehead atoms. The van der Waals surface area contributed by atoms with Crippen LogP contribution in [0, 0.1) is 0 Å². The molecule has 0 radical (unpaired) electrons. The number of hydrogen-bond donors (Lipinski definition) is 1. The Bertz CT molecular complexity index is 1070. The van der Waals surface area contributed by atoms with Crippen molar-refractivity contribution in [2.45, 2.75) is 32.2 Å². The smallest absolute Gasteiger partial charge is 0.295 e. The Morgan fingerprint density at radius 1 is 1.00 bits per heavy atom. The quantitative estimate of drug-likeness (QED) is 0.386.